The summed E-state index contributed by atoms with van der Waals surface area (Å²) in [7, 11) is 0. The molecule has 2 saturated carbocycles. The van der Waals surface area contributed by atoms with E-state index >= 15 is 0 Å². The minimum atomic E-state index is 0.281. The van der Waals surface area contributed by atoms with Crippen molar-refractivity contribution in [1.29, 1.82) is 0 Å². The van der Waals surface area contributed by atoms with E-state index in [9.17, 15) is 0 Å². The van der Waals surface area contributed by atoms with Crippen molar-refractivity contribution in [2.45, 2.75) is 82.5 Å². The van der Waals surface area contributed by atoms with Crippen LogP contribution in [0.4, 0.5) is 0 Å². The third-order valence-corrected chi connectivity index (χ3v) is 5.32. The van der Waals surface area contributed by atoms with Crippen LogP contribution in [0.25, 0.3) is 0 Å². The van der Waals surface area contributed by atoms with E-state index in [-0.39, 0.29) is 6.10 Å². The molecule has 2 fully saturated rings. The van der Waals surface area contributed by atoms with Crippen LogP contribution in [-0.2, 0) is 0 Å². The van der Waals surface area contributed by atoms with Crippen LogP contribution >= 0.6 is 0 Å². The van der Waals surface area contributed by atoms with Gasteiger partial charge in [0.05, 0.1) is 0 Å². The Morgan fingerprint density at radius 3 is 2.41 bits per heavy atom. The summed E-state index contributed by atoms with van der Waals surface area (Å²) in [4.78, 5) is 0. The van der Waals surface area contributed by atoms with Gasteiger partial charge in [0.15, 0.2) is 0 Å². The Kier molecular flexibility index (Phi) is 5.37. The number of ether oxygens (including phenoxy) is 1. The maximum Gasteiger partial charge on any atom is 0.122 e. The highest BCUT2D eigenvalue weighted by Gasteiger charge is 2.31. The van der Waals surface area contributed by atoms with Crippen molar-refractivity contribution < 1.29 is 4.74 Å². The molecule has 1 aromatic rings. The predicted molar refractivity (Wildman–Crippen MR) is 91.2 cm³/mol. The lowest BCUT2D eigenvalue weighted by atomic mass is 9.87. The van der Waals surface area contributed by atoms with Crippen LogP contribution < -0.4 is 15.8 Å². The van der Waals surface area contributed by atoms with Crippen LogP contribution in [-0.4, -0.2) is 24.2 Å². The summed E-state index contributed by atoms with van der Waals surface area (Å²) in [6, 6.07) is 9.58. The summed E-state index contributed by atoms with van der Waals surface area (Å²) in [5.74, 6) is 1.04. The van der Waals surface area contributed by atoms with Gasteiger partial charge in [0.25, 0.3) is 0 Å². The molecular formula is C19H30N2O. The van der Waals surface area contributed by atoms with Crippen LogP contribution in [0.1, 0.15) is 56.9 Å². The smallest absolute Gasteiger partial charge is 0.122 e. The molecule has 2 aliphatic carbocycles. The van der Waals surface area contributed by atoms with Crippen LogP contribution in [0, 0.1) is 6.92 Å². The van der Waals surface area contributed by atoms with Gasteiger partial charge in [0, 0.05) is 18.1 Å². The average Bonchev–Trinajstić information content (AvgIpc) is 2.53. The average molecular weight is 302 g/mol. The Balaban J connectivity index is 1.64. The second-order valence-corrected chi connectivity index (χ2v) is 7.03. The third kappa shape index (κ3) is 3.82. The number of rotatable bonds is 4. The third-order valence-electron chi connectivity index (χ3n) is 5.32. The molecule has 0 unspecified atom stereocenters. The first-order valence-electron chi connectivity index (χ1n) is 8.98. The van der Waals surface area contributed by atoms with Crippen molar-refractivity contribution in [2.75, 3.05) is 0 Å². The van der Waals surface area contributed by atoms with Crippen molar-refractivity contribution in [3.8, 4) is 5.75 Å². The second-order valence-electron chi connectivity index (χ2n) is 7.03. The lowest BCUT2D eigenvalue weighted by Gasteiger charge is -2.38. The summed E-state index contributed by atoms with van der Waals surface area (Å²) in [6.07, 6.45) is 10.2. The molecule has 0 spiro atoms. The minimum Gasteiger partial charge on any atom is -0.489 e. The molecule has 0 bridgehead atoms. The maximum absolute atomic E-state index is 6.37. The number of benzene rings is 1. The first kappa shape index (κ1) is 15.8. The Hall–Kier alpha value is -1.06. The number of aryl methyl sites for hydroxylation is 1. The highest BCUT2D eigenvalue weighted by Crippen LogP contribution is 2.27. The van der Waals surface area contributed by atoms with Gasteiger partial charge >= 0.3 is 0 Å². The molecule has 0 amide bonds. The lowest BCUT2D eigenvalue weighted by molar-refractivity contribution is 0.0995. The summed E-state index contributed by atoms with van der Waals surface area (Å²) >= 11 is 0. The van der Waals surface area contributed by atoms with Gasteiger partial charge in [-0.1, -0.05) is 37.5 Å². The molecule has 4 atom stereocenters. The Morgan fingerprint density at radius 1 is 0.955 bits per heavy atom. The summed E-state index contributed by atoms with van der Waals surface area (Å²) in [5, 5.41) is 3.85. The van der Waals surface area contributed by atoms with Crippen LogP contribution in [0.15, 0.2) is 24.3 Å². The van der Waals surface area contributed by atoms with Gasteiger partial charge in [-0.15, -0.1) is 0 Å². The fourth-order valence-corrected chi connectivity index (χ4v) is 3.92. The maximum atomic E-state index is 6.37. The highest BCUT2D eigenvalue weighted by molar-refractivity contribution is 5.32. The van der Waals surface area contributed by atoms with Crippen LogP contribution in [0.3, 0.4) is 0 Å². The fraction of sp³-hybridized carbons (Fsp3) is 0.684. The molecule has 22 heavy (non-hydrogen) atoms. The number of nitrogens with one attached hydrogen (secondary N) is 1. The molecule has 3 rings (SSSR count). The minimum absolute atomic E-state index is 0.281. The number of para-hydroxylation sites is 1. The van der Waals surface area contributed by atoms with Crippen molar-refractivity contribution in [1.82, 2.24) is 5.32 Å². The van der Waals surface area contributed by atoms with Crippen molar-refractivity contribution >= 4 is 0 Å². The SMILES string of the molecule is Cc1ccccc1O[C@@H]1CCCC[C@@H]1N[C@@H]1CCCC[C@@H]1N. The van der Waals surface area contributed by atoms with Gasteiger partial charge in [0.1, 0.15) is 11.9 Å². The molecule has 0 heterocycles. The van der Waals surface area contributed by atoms with Gasteiger partial charge in [-0.3, -0.25) is 0 Å². The Bertz CT molecular complexity index is 476. The first-order chi connectivity index (χ1) is 10.7. The van der Waals surface area contributed by atoms with E-state index in [4.69, 9.17) is 10.5 Å². The first-order valence-corrected chi connectivity index (χ1v) is 8.98. The van der Waals surface area contributed by atoms with Gasteiger partial charge in [-0.2, -0.15) is 0 Å². The zero-order valence-corrected chi connectivity index (χ0v) is 13.8. The highest BCUT2D eigenvalue weighted by atomic mass is 16.5. The standard InChI is InChI=1S/C19H30N2O/c1-14-8-2-6-12-18(14)22-19-13-7-5-11-17(19)21-16-10-4-3-9-15(16)20/h2,6,8,12,15-17,19,21H,3-5,7,9-11,13,20H2,1H3/t15-,16+,17-,19+/m0/s1. The predicted octanol–water partition coefficient (Wildman–Crippen LogP) is 3.54. The lowest BCUT2D eigenvalue weighted by Crippen LogP contribution is -2.55. The fourth-order valence-electron chi connectivity index (χ4n) is 3.92. The normalized spacial score (nSPS) is 32.6. The second kappa shape index (κ2) is 7.47. The van der Waals surface area contributed by atoms with Gasteiger partial charge in [-0.05, 0) is 50.7 Å². The zero-order valence-electron chi connectivity index (χ0n) is 13.8. The van der Waals surface area contributed by atoms with Gasteiger partial charge in [-0.25, -0.2) is 0 Å². The topological polar surface area (TPSA) is 47.3 Å². The van der Waals surface area contributed by atoms with E-state index in [1.807, 2.05) is 0 Å². The quantitative estimate of drug-likeness (QED) is 0.894. The van der Waals surface area contributed by atoms with Crippen molar-refractivity contribution in [3.63, 3.8) is 0 Å². The molecule has 0 saturated heterocycles. The zero-order chi connectivity index (χ0) is 15.4. The van der Waals surface area contributed by atoms with E-state index in [0.717, 1.165) is 18.6 Å². The largest absolute Gasteiger partial charge is 0.489 e. The monoisotopic (exact) mass is 302 g/mol. The van der Waals surface area contributed by atoms with Crippen LogP contribution in [0.2, 0.25) is 0 Å². The molecule has 3 heteroatoms. The Morgan fingerprint density at radius 2 is 1.64 bits per heavy atom. The molecule has 0 aromatic heterocycles. The molecule has 3 nitrogen and oxygen atoms in total. The summed E-state index contributed by atoms with van der Waals surface area (Å²) in [6.45, 7) is 2.12. The summed E-state index contributed by atoms with van der Waals surface area (Å²) in [5.41, 5.74) is 7.54. The van der Waals surface area contributed by atoms with E-state index in [1.54, 1.807) is 0 Å². The van der Waals surface area contributed by atoms with E-state index in [1.165, 1.54) is 44.1 Å². The number of nitrogens with two attached hydrogens (primary N) is 1. The van der Waals surface area contributed by atoms with Crippen LogP contribution in [0.5, 0.6) is 5.75 Å². The molecular weight excluding hydrogens is 272 g/mol. The van der Waals surface area contributed by atoms with Gasteiger partial charge < -0.3 is 15.8 Å². The molecule has 0 aliphatic heterocycles. The Labute approximate surface area is 134 Å². The molecule has 2 aliphatic rings. The molecule has 122 valence electrons. The van der Waals surface area contributed by atoms with E-state index in [2.05, 4.69) is 36.5 Å². The number of hydrogen-bond acceptors (Lipinski definition) is 3. The van der Waals surface area contributed by atoms with Crippen molar-refractivity contribution in [2.24, 2.45) is 5.73 Å². The molecule has 3 N–H and O–H groups in total. The molecule has 1 aromatic carbocycles. The van der Waals surface area contributed by atoms with Crippen molar-refractivity contribution in [3.05, 3.63) is 29.8 Å². The van der Waals surface area contributed by atoms with Gasteiger partial charge in [0.2, 0.25) is 0 Å². The summed E-state index contributed by atoms with van der Waals surface area (Å²) < 4.78 is 6.37. The van der Waals surface area contributed by atoms with E-state index in [0.29, 0.717) is 18.1 Å². The molecule has 0 radical (unpaired) electrons. The number of hydrogen-bond donors (Lipinski definition) is 2. The van der Waals surface area contributed by atoms with E-state index < -0.39 is 0 Å².